The van der Waals surface area contributed by atoms with Gasteiger partial charge in [0.15, 0.2) is 0 Å². The average molecular weight is 345 g/mol. The molecule has 8 heteroatoms. The number of nitrogens with zero attached hydrogens (tertiary/aromatic N) is 4. The Bertz CT molecular complexity index is 769. The Labute approximate surface area is 145 Å². The first-order valence-electron chi connectivity index (χ1n) is 8.58. The summed E-state index contributed by atoms with van der Waals surface area (Å²) in [5.41, 5.74) is 0.584. The fourth-order valence-corrected chi connectivity index (χ4v) is 3.02. The molecule has 8 nitrogen and oxygen atoms in total. The lowest BCUT2D eigenvalue weighted by molar-refractivity contribution is -0.139. The van der Waals surface area contributed by atoms with Crippen molar-refractivity contribution in [2.45, 2.75) is 38.8 Å². The first kappa shape index (κ1) is 17.3. The van der Waals surface area contributed by atoms with Gasteiger partial charge >= 0.3 is 0 Å². The van der Waals surface area contributed by atoms with Crippen LogP contribution in [-0.4, -0.2) is 56.1 Å². The van der Waals surface area contributed by atoms with E-state index in [-0.39, 0.29) is 17.6 Å². The number of amides is 1. The molecule has 3 heterocycles. The summed E-state index contributed by atoms with van der Waals surface area (Å²) >= 11 is 0. The van der Waals surface area contributed by atoms with E-state index in [2.05, 4.69) is 15.0 Å². The molecule has 1 atom stereocenters. The van der Waals surface area contributed by atoms with E-state index in [1.807, 2.05) is 22.6 Å². The molecule has 0 aliphatic carbocycles. The summed E-state index contributed by atoms with van der Waals surface area (Å²) in [5, 5.41) is 0. The lowest BCUT2D eigenvalue weighted by Gasteiger charge is -2.33. The van der Waals surface area contributed by atoms with Crippen LogP contribution in [0.4, 0.5) is 0 Å². The van der Waals surface area contributed by atoms with Crippen molar-refractivity contribution in [1.82, 2.24) is 24.4 Å². The summed E-state index contributed by atoms with van der Waals surface area (Å²) in [6.45, 7) is 4.04. The number of H-pyrrole nitrogens is 1. The Balaban J connectivity index is 1.53. The summed E-state index contributed by atoms with van der Waals surface area (Å²) in [4.78, 5) is 36.6. The fraction of sp³-hybridized carbons (Fsp3) is 0.529. The molecule has 25 heavy (non-hydrogen) atoms. The number of aryl methyl sites for hydroxylation is 2. The van der Waals surface area contributed by atoms with Crippen LogP contribution in [0.5, 0.6) is 0 Å². The number of hydrogen-bond acceptors (Lipinski definition) is 5. The number of hydrogen-bond donors (Lipinski definition) is 1. The zero-order valence-corrected chi connectivity index (χ0v) is 14.4. The number of aromatic nitrogens is 4. The zero-order valence-electron chi connectivity index (χ0n) is 14.4. The predicted octanol–water partition coefficient (Wildman–Crippen LogP) is 0.389. The van der Waals surface area contributed by atoms with Crippen molar-refractivity contribution >= 4 is 5.91 Å². The molecule has 1 fully saturated rings. The molecule has 3 rings (SSSR count). The first-order valence-corrected chi connectivity index (χ1v) is 8.58. The third kappa shape index (κ3) is 4.54. The van der Waals surface area contributed by atoms with Crippen molar-refractivity contribution in [1.29, 1.82) is 0 Å². The van der Waals surface area contributed by atoms with Gasteiger partial charge < -0.3 is 19.2 Å². The van der Waals surface area contributed by atoms with E-state index in [0.29, 0.717) is 32.7 Å². The number of ether oxygens (including phenoxy) is 1. The Morgan fingerprint density at radius 2 is 2.32 bits per heavy atom. The lowest BCUT2D eigenvalue weighted by atomic mass is 10.1. The standard InChI is InChI=1S/C17H23N5O3/c1-2-15-18-5-6-21(15)11-17(24)22-7-8-25-14(10-22)4-3-13-9-16(23)20-12-19-13/h5-6,9,12,14H,2-4,7-8,10-11H2,1H3,(H,19,20,23). The summed E-state index contributed by atoms with van der Waals surface area (Å²) < 4.78 is 7.66. The van der Waals surface area contributed by atoms with E-state index in [1.165, 1.54) is 12.4 Å². The van der Waals surface area contributed by atoms with Crippen molar-refractivity contribution in [3.63, 3.8) is 0 Å². The molecular weight excluding hydrogens is 322 g/mol. The van der Waals surface area contributed by atoms with E-state index >= 15 is 0 Å². The average Bonchev–Trinajstić information content (AvgIpc) is 3.07. The second-order valence-electron chi connectivity index (χ2n) is 6.10. The highest BCUT2D eigenvalue weighted by atomic mass is 16.5. The van der Waals surface area contributed by atoms with Crippen LogP contribution >= 0.6 is 0 Å². The number of nitrogens with one attached hydrogen (secondary N) is 1. The minimum absolute atomic E-state index is 0.0350. The molecule has 1 unspecified atom stereocenters. The van der Waals surface area contributed by atoms with Gasteiger partial charge in [-0.25, -0.2) is 9.97 Å². The maximum atomic E-state index is 12.6. The summed E-state index contributed by atoms with van der Waals surface area (Å²) in [5.74, 6) is 0.994. The van der Waals surface area contributed by atoms with Gasteiger partial charge in [-0.2, -0.15) is 0 Å². The van der Waals surface area contributed by atoms with Gasteiger partial charge in [0.05, 0.1) is 19.0 Å². The van der Waals surface area contributed by atoms with E-state index in [0.717, 1.165) is 24.4 Å². The number of aromatic amines is 1. The van der Waals surface area contributed by atoms with Gasteiger partial charge in [-0.3, -0.25) is 9.59 Å². The lowest BCUT2D eigenvalue weighted by Crippen LogP contribution is -2.47. The van der Waals surface area contributed by atoms with Crippen LogP contribution in [0.3, 0.4) is 0 Å². The maximum Gasteiger partial charge on any atom is 0.250 e. The number of carbonyl (C=O) groups excluding carboxylic acids is 1. The molecule has 1 saturated heterocycles. The van der Waals surface area contributed by atoms with Crippen LogP contribution in [0.1, 0.15) is 24.9 Å². The van der Waals surface area contributed by atoms with Crippen LogP contribution in [-0.2, 0) is 28.9 Å². The second kappa shape index (κ2) is 8.06. The van der Waals surface area contributed by atoms with Crippen LogP contribution < -0.4 is 5.56 Å². The molecule has 0 spiro atoms. The molecule has 2 aromatic rings. The van der Waals surface area contributed by atoms with Crippen molar-refractivity contribution in [2.24, 2.45) is 0 Å². The molecule has 0 saturated carbocycles. The molecule has 1 aliphatic rings. The third-order valence-electron chi connectivity index (χ3n) is 4.37. The summed E-state index contributed by atoms with van der Waals surface area (Å²) in [6.07, 6.45) is 7.12. The highest BCUT2D eigenvalue weighted by molar-refractivity contribution is 5.76. The molecule has 1 aliphatic heterocycles. The van der Waals surface area contributed by atoms with Crippen LogP contribution in [0.2, 0.25) is 0 Å². The number of rotatable bonds is 6. The Morgan fingerprint density at radius 1 is 1.44 bits per heavy atom. The second-order valence-corrected chi connectivity index (χ2v) is 6.10. The van der Waals surface area contributed by atoms with E-state index in [4.69, 9.17) is 4.74 Å². The number of imidazole rings is 1. The van der Waals surface area contributed by atoms with Gasteiger partial charge in [-0.05, 0) is 12.8 Å². The minimum atomic E-state index is -0.154. The van der Waals surface area contributed by atoms with E-state index < -0.39 is 0 Å². The van der Waals surface area contributed by atoms with Crippen LogP contribution in [0, 0.1) is 0 Å². The molecular formula is C17H23N5O3. The number of morpholine rings is 1. The van der Waals surface area contributed by atoms with Gasteiger partial charge in [0, 0.05) is 43.7 Å². The quantitative estimate of drug-likeness (QED) is 0.817. The van der Waals surface area contributed by atoms with E-state index in [1.54, 1.807) is 6.20 Å². The summed E-state index contributed by atoms with van der Waals surface area (Å²) in [7, 11) is 0. The highest BCUT2D eigenvalue weighted by Crippen LogP contribution is 2.12. The SMILES string of the molecule is CCc1nccn1CC(=O)N1CCOC(CCc2cc(=O)[nH]cn2)C1. The largest absolute Gasteiger partial charge is 0.375 e. The van der Waals surface area contributed by atoms with Crippen molar-refractivity contribution in [3.8, 4) is 0 Å². The monoisotopic (exact) mass is 345 g/mol. The predicted molar refractivity (Wildman–Crippen MR) is 91.1 cm³/mol. The van der Waals surface area contributed by atoms with Gasteiger partial charge in [0.25, 0.3) is 5.56 Å². The van der Waals surface area contributed by atoms with E-state index in [9.17, 15) is 9.59 Å². The van der Waals surface area contributed by atoms with Crippen molar-refractivity contribution < 1.29 is 9.53 Å². The molecule has 0 aromatic carbocycles. The maximum absolute atomic E-state index is 12.6. The van der Waals surface area contributed by atoms with Gasteiger partial charge in [-0.1, -0.05) is 6.92 Å². The van der Waals surface area contributed by atoms with Crippen LogP contribution in [0.25, 0.3) is 0 Å². The Kier molecular flexibility index (Phi) is 5.60. The highest BCUT2D eigenvalue weighted by Gasteiger charge is 2.24. The molecule has 0 radical (unpaired) electrons. The first-order chi connectivity index (χ1) is 12.2. The van der Waals surface area contributed by atoms with Crippen molar-refractivity contribution in [2.75, 3.05) is 19.7 Å². The Hall–Kier alpha value is -2.48. The number of carbonyl (C=O) groups is 1. The molecule has 0 bridgehead atoms. The molecule has 2 aromatic heterocycles. The van der Waals surface area contributed by atoms with Crippen molar-refractivity contribution in [3.05, 3.63) is 46.7 Å². The summed E-state index contributed by atoms with van der Waals surface area (Å²) in [6, 6.07) is 1.50. The molecule has 1 N–H and O–H groups in total. The van der Waals surface area contributed by atoms with Gasteiger partial charge in [0.1, 0.15) is 12.4 Å². The topological polar surface area (TPSA) is 93.1 Å². The minimum Gasteiger partial charge on any atom is -0.375 e. The third-order valence-corrected chi connectivity index (χ3v) is 4.37. The smallest absolute Gasteiger partial charge is 0.250 e. The normalized spacial score (nSPS) is 17.6. The fourth-order valence-electron chi connectivity index (χ4n) is 3.02. The van der Waals surface area contributed by atoms with Gasteiger partial charge in [-0.15, -0.1) is 0 Å². The molecule has 134 valence electrons. The zero-order chi connectivity index (χ0) is 17.6. The molecule has 1 amide bonds. The van der Waals surface area contributed by atoms with Gasteiger partial charge in [0.2, 0.25) is 5.91 Å². The Morgan fingerprint density at radius 3 is 3.12 bits per heavy atom. The van der Waals surface area contributed by atoms with Crippen LogP contribution in [0.15, 0.2) is 29.6 Å².